The molecule has 1 unspecified atom stereocenters. The summed E-state index contributed by atoms with van der Waals surface area (Å²) in [6.07, 6.45) is 3.22. The van der Waals surface area contributed by atoms with Gasteiger partial charge in [0, 0.05) is 19.0 Å². The van der Waals surface area contributed by atoms with E-state index in [1.807, 2.05) is 18.2 Å². The molecule has 21 heavy (non-hydrogen) atoms. The van der Waals surface area contributed by atoms with Crippen molar-refractivity contribution in [2.24, 2.45) is 5.92 Å². The highest BCUT2D eigenvalue weighted by molar-refractivity contribution is 7.88. The number of nitrogens with zero attached hydrogens (tertiary/aromatic N) is 1. The van der Waals surface area contributed by atoms with Gasteiger partial charge in [0.15, 0.2) is 0 Å². The van der Waals surface area contributed by atoms with Crippen LogP contribution in [0.2, 0.25) is 0 Å². The van der Waals surface area contributed by atoms with E-state index < -0.39 is 10.0 Å². The summed E-state index contributed by atoms with van der Waals surface area (Å²) >= 11 is 0. The number of benzene rings is 1. The van der Waals surface area contributed by atoms with Crippen molar-refractivity contribution >= 4 is 10.0 Å². The smallest absolute Gasteiger partial charge is 0.211 e. The number of piperidine rings is 1. The Morgan fingerprint density at radius 3 is 2.71 bits per heavy atom. The number of hydrogen-bond acceptors (Lipinski definition) is 3. The third-order valence-electron chi connectivity index (χ3n) is 3.97. The molecule has 1 heterocycles. The quantitative estimate of drug-likeness (QED) is 0.840. The third-order valence-corrected chi connectivity index (χ3v) is 5.24. The molecule has 1 atom stereocenters. The van der Waals surface area contributed by atoms with E-state index in [2.05, 4.69) is 19.9 Å². The molecule has 0 saturated carbocycles. The van der Waals surface area contributed by atoms with E-state index in [0.29, 0.717) is 25.6 Å². The van der Waals surface area contributed by atoms with Crippen molar-refractivity contribution in [3.63, 3.8) is 0 Å². The van der Waals surface area contributed by atoms with Crippen molar-refractivity contribution in [3.8, 4) is 5.75 Å². The first-order valence-corrected chi connectivity index (χ1v) is 9.39. The van der Waals surface area contributed by atoms with Gasteiger partial charge in [0.25, 0.3) is 0 Å². The highest BCUT2D eigenvalue weighted by Crippen LogP contribution is 2.27. The second-order valence-corrected chi connectivity index (χ2v) is 8.12. The van der Waals surface area contributed by atoms with Gasteiger partial charge in [-0.1, -0.05) is 32.0 Å². The SMILES string of the molecule is CC(C)c1ccccc1OCC1CCCN(S(C)(=O)=O)C1. The number of hydrogen-bond donors (Lipinski definition) is 0. The lowest BCUT2D eigenvalue weighted by molar-refractivity contribution is 0.179. The molecule has 4 nitrogen and oxygen atoms in total. The van der Waals surface area contributed by atoms with Gasteiger partial charge in [0.2, 0.25) is 10.0 Å². The first kappa shape index (κ1) is 16.3. The Labute approximate surface area is 128 Å². The van der Waals surface area contributed by atoms with Crippen LogP contribution in [-0.4, -0.2) is 38.7 Å². The molecule has 1 aliphatic rings. The van der Waals surface area contributed by atoms with Gasteiger partial charge < -0.3 is 4.74 Å². The lowest BCUT2D eigenvalue weighted by atomic mass is 10.00. The van der Waals surface area contributed by atoms with Crippen molar-refractivity contribution in [1.82, 2.24) is 4.31 Å². The minimum absolute atomic E-state index is 0.272. The molecule has 0 bridgehead atoms. The van der Waals surface area contributed by atoms with Gasteiger partial charge in [-0.25, -0.2) is 12.7 Å². The molecule has 0 N–H and O–H groups in total. The molecule has 118 valence electrons. The van der Waals surface area contributed by atoms with Gasteiger partial charge in [-0.05, 0) is 30.4 Å². The highest BCUT2D eigenvalue weighted by atomic mass is 32.2. The molecule has 0 amide bonds. The summed E-state index contributed by atoms with van der Waals surface area (Å²) < 4.78 is 30.8. The zero-order chi connectivity index (χ0) is 15.5. The van der Waals surface area contributed by atoms with Crippen molar-refractivity contribution in [2.45, 2.75) is 32.6 Å². The predicted octanol–water partition coefficient (Wildman–Crippen LogP) is 2.86. The normalized spacial score (nSPS) is 20.7. The first-order chi connectivity index (χ1) is 9.88. The average molecular weight is 311 g/mol. The number of sulfonamides is 1. The van der Waals surface area contributed by atoms with Crippen LogP contribution in [0.15, 0.2) is 24.3 Å². The van der Waals surface area contributed by atoms with Crippen LogP contribution in [0.3, 0.4) is 0 Å². The molecular formula is C16H25NO3S. The fourth-order valence-electron chi connectivity index (χ4n) is 2.76. The topological polar surface area (TPSA) is 46.6 Å². The molecule has 2 rings (SSSR count). The van der Waals surface area contributed by atoms with E-state index >= 15 is 0 Å². The number of para-hydroxylation sites is 1. The molecule has 0 aliphatic carbocycles. The van der Waals surface area contributed by atoms with Crippen LogP contribution in [0.4, 0.5) is 0 Å². The van der Waals surface area contributed by atoms with Crippen molar-refractivity contribution in [2.75, 3.05) is 26.0 Å². The Morgan fingerprint density at radius 2 is 2.05 bits per heavy atom. The van der Waals surface area contributed by atoms with E-state index in [4.69, 9.17) is 4.74 Å². The first-order valence-electron chi connectivity index (χ1n) is 7.54. The summed E-state index contributed by atoms with van der Waals surface area (Å²) in [5, 5.41) is 0. The largest absolute Gasteiger partial charge is 0.493 e. The molecule has 1 aromatic carbocycles. The standard InChI is InChI=1S/C16H25NO3S/c1-13(2)15-8-4-5-9-16(15)20-12-14-7-6-10-17(11-14)21(3,18)19/h4-5,8-9,13-14H,6-7,10-12H2,1-3H3. The van der Waals surface area contributed by atoms with E-state index in [-0.39, 0.29) is 5.92 Å². The van der Waals surface area contributed by atoms with E-state index in [1.54, 1.807) is 4.31 Å². The van der Waals surface area contributed by atoms with Gasteiger partial charge in [-0.3, -0.25) is 0 Å². The Bertz CT molecular complexity index is 569. The lowest BCUT2D eigenvalue weighted by Gasteiger charge is -2.31. The van der Waals surface area contributed by atoms with Crippen molar-refractivity contribution in [3.05, 3.63) is 29.8 Å². The van der Waals surface area contributed by atoms with Gasteiger partial charge >= 0.3 is 0 Å². The van der Waals surface area contributed by atoms with Crippen LogP contribution in [0, 0.1) is 5.92 Å². The summed E-state index contributed by atoms with van der Waals surface area (Å²) in [6, 6.07) is 8.08. The Morgan fingerprint density at radius 1 is 1.33 bits per heavy atom. The molecule has 5 heteroatoms. The monoisotopic (exact) mass is 311 g/mol. The van der Waals surface area contributed by atoms with Gasteiger partial charge in [-0.15, -0.1) is 0 Å². The zero-order valence-electron chi connectivity index (χ0n) is 13.1. The molecule has 0 aromatic heterocycles. The van der Waals surface area contributed by atoms with E-state index in [9.17, 15) is 8.42 Å². The van der Waals surface area contributed by atoms with Crippen molar-refractivity contribution < 1.29 is 13.2 Å². The molecule has 1 fully saturated rings. The third kappa shape index (κ3) is 4.45. The zero-order valence-corrected chi connectivity index (χ0v) is 13.9. The molecular weight excluding hydrogens is 286 g/mol. The number of rotatable bonds is 5. The fourth-order valence-corrected chi connectivity index (χ4v) is 3.70. The Hall–Kier alpha value is -1.07. The molecule has 1 aromatic rings. The second-order valence-electron chi connectivity index (χ2n) is 6.13. The average Bonchev–Trinajstić information content (AvgIpc) is 2.45. The van der Waals surface area contributed by atoms with Gasteiger partial charge in [-0.2, -0.15) is 0 Å². The molecule has 0 radical (unpaired) electrons. The van der Waals surface area contributed by atoms with Crippen molar-refractivity contribution in [1.29, 1.82) is 0 Å². The fraction of sp³-hybridized carbons (Fsp3) is 0.625. The Kier molecular flexibility index (Phi) is 5.27. The van der Waals surface area contributed by atoms with Crippen LogP contribution >= 0.6 is 0 Å². The van der Waals surface area contributed by atoms with Gasteiger partial charge in [0.1, 0.15) is 5.75 Å². The summed E-state index contributed by atoms with van der Waals surface area (Å²) in [6.45, 7) is 6.08. The maximum Gasteiger partial charge on any atom is 0.211 e. The van der Waals surface area contributed by atoms with Crippen LogP contribution in [0.1, 0.15) is 38.2 Å². The highest BCUT2D eigenvalue weighted by Gasteiger charge is 2.26. The second kappa shape index (κ2) is 6.79. The van der Waals surface area contributed by atoms with Crippen LogP contribution in [-0.2, 0) is 10.0 Å². The molecule has 0 spiro atoms. The summed E-state index contributed by atoms with van der Waals surface area (Å²) in [7, 11) is -3.09. The number of ether oxygens (including phenoxy) is 1. The summed E-state index contributed by atoms with van der Waals surface area (Å²) in [4.78, 5) is 0. The van der Waals surface area contributed by atoms with Crippen LogP contribution < -0.4 is 4.74 Å². The maximum atomic E-state index is 11.6. The summed E-state index contributed by atoms with van der Waals surface area (Å²) in [5.74, 6) is 1.61. The minimum atomic E-state index is -3.09. The lowest BCUT2D eigenvalue weighted by Crippen LogP contribution is -2.40. The minimum Gasteiger partial charge on any atom is -0.493 e. The summed E-state index contributed by atoms with van der Waals surface area (Å²) in [5.41, 5.74) is 1.20. The molecule has 1 saturated heterocycles. The Balaban J connectivity index is 1.97. The molecule has 1 aliphatic heterocycles. The van der Waals surface area contributed by atoms with E-state index in [1.165, 1.54) is 11.8 Å². The maximum absolute atomic E-state index is 11.6. The van der Waals surface area contributed by atoms with Gasteiger partial charge in [0.05, 0.1) is 12.9 Å². The predicted molar refractivity (Wildman–Crippen MR) is 85.2 cm³/mol. The van der Waals surface area contributed by atoms with Crippen LogP contribution in [0.25, 0.3) is 0 Å². The van der Waals surface area contributed by atoms with E-state index in [0.717, 1.165) is 18.6 Å². The van der Waals surface area contributed by atoms with Crippen LogP contribution in [0.5, 0.6) is 5.75 Å².